The van der Waals surface area contributed by atoms with E-state index in [9.17, 15) is 4.79 Å². The van der Waals surface area contributed by atoms with Gasteiger partial charge in [0.25, 0.3) is 0 Å². The van der Waals surface area contributed by atoms with Crippen LogP contribution in [-0.4, -0.2) is 63.4 Å². The minimum Gasteiger partial charge on any atom is -0.480 e. The maximum absolute atomic E-state index is 10.2. The van der Waals surface area contributed by atoms with Gasteiger partial charge in [0, 0.05) is 0 Å². The van der Waals surface area contributed by atoms with E-state index in [0.717, 1.165) is 12.8 Å². The maximum atomic E-state index is 10.2. The maximum Gasteiger partial charge on any atom is 0.329 e. The van der Waals surface area contributed by atoms with Crippen molar-refractivity contribution in [3.63, 3.8) is 0 Å². The fraction of sp³-hybridized carbons (Fsp3) is 0.944. The summed E-state index contributed by atoms with van der Waals surface area (Å²) in [5.41, 5.74) is 0. The average molecular weight is 348 g/mol. The van der Waals surface area contributed by atoms with E-state index in [-0.39, 0.29) is 13.2 Å². The highest BCUT2D eigenvalue weighted by Crippen LogP contribution is 2.11. The molecule has 1 unspecified atom stereocenters. The lowest BCUT2D eigenvalue weighted by Gasteiger charge is -2.16. The Morgan fingerprint density at radius 3 is 2.00 bits per heavy atom. The van der Waals surface area contributed by atoms with Crippen LogP contribution < -0.4 is 0 Å². The summed E-state index contributed by atoms with van der Waals surface area (Å²) in [7, 11) is 0. The summed E-state index contributed by atoms with van der Waals surface area (Å²) in [6, 6.07) is 0. The van der Waals surface area contributed by atoms with E-state index in [4.69, 9.17) is 24.1 Å². The first-order valence-electron chi connectivity index (χ1n) is 9.27. The second-order valence-electron chi connectivity index (χ2n) is 5.78. The predicted molar refractivity (Wildman–Crippen MR) is 93.5 cm³/mol. The van der Waals surface area contributed by atoms with Crippen LogP contribution in [0.4, 0.5) is 0 Å². The molecular formula is C18H36O6. The molecule has 0 saturated carbocycles. The third kappa shape index (κ3) is 17.7. The molecule has 0 aliphatic carbocycles. The number of rotatable bonds is 19. The van der Waals surface area contributed by atoms with Crippen LogP contribution >= 0.6 is 0 Å². The van der Waals surface area contributed by atoms with Crippen LogP contribution in [0.1, 0.15) is 58.8 Å². The number of carbonyl (C=O) groups is 1. The molecule has 0 aliphatic rings. The first kappa shape index (κ1) is 23.3. The number of unbranched alkanes of at least 4 members (excludes halogenated alkanes) is 4. The van der Waals surface area contributed by atoms with Gasteiger partial charge in [-0.25, -0.2) is 4.79 Å². The van der Waals surface area contributed by atoms with Gasteiger partial charge < -0.3 is 24.1 Å². The Balaban J connectivity index is 3.27. The minimum absolute atomic E-state index is 0.283. The van der Waals surface area contributed by atoms with Crippen molar-refractivity contribution in [1.29, 1.82) is 0 Å². The summed E-state index contributed by atoms with van der Waals surface area (Å²) in [5, 5.41) is 8.38. The van der Waals surface area contributed by atoms with E-state index < -0.39 is 5.97 Å². The highest BCUT2D eigenvalue weighted by Gasteiger charge is 2.06. The molecule has 1 atom stereocenters. The first-order valence-corrected chi connectivity index (χ1v) is 9.27. The third-order valence-corrected chi connectivity index (χ3v) is 3.64. The average Bonchev–Trinajstić information content (AvgIpc) is 2.57. The molecule has 144 valence electrons. The Morgan fingerprint density at radius 1 is 0.833 bits per heavy atom. The summed E-state index contributed by atoms with van der Waals surface area (Å²) in [6.45, 7) is 6.96. The highest BCUT2D eigenvalue weighted by atomic mass is 16.6. The van der Waals surface area contributed by atoms with E-state index in [2.05, 4.69) is 13.8 Å². The molecule has 6 heteroatoms. The van der Waals surface area contributed by atoms with Crippen LogP contribution in [0.3, 0.4) is 0 Å². The Labute approximate surface area is 146 Å². The normalized spacial score (nSPS) is 12.4. The predicted octanol–water partition coefficient (Wildman–Crippen LogP) is 3.28. The number of carboxylic acid groups (broad SMARTS) is 1. The number of aliphatic carboxylic acids is 1. The largest absolute Gasteiger partial charge is 0.480 e. The van der Waals surface area contributed by atoms with Crippen molar-refractivity contribution in [2.24, 2.45) is 0 Å². The lowest BCUT2D eigenvalue weighted by Crippen LogP contribution is -2.17. The van der Waals surface area contributed by atoms with Gasteiger partial charge in [0.15, 0.2) is 0 Å². The molecule has 0 aromatic rings. The molecule has 0 aromatic heterocycles. The minimum atomic E-state index is -0.968. The van der Waals surface area contributed by atoms with Gasteiger partial charge in [0.2, 0.25) is 0 Å². The van der Waals surface area contributed by atoms with Crippen molar-refractivity contribution < 1.29 is 28.8 Å². The van der Waals surface area contributed by atoms with Crippen molar-refractivity contribution >= 4 is 5.97 Å². The topological polar surface area (TPSA) is 74.2 Å². The van der Waals surface area contributed by atoms with Crippen LogP contribution in [0.2, 0.25) is 0 Å². The molecule has 0 spiro atoms. The Hall–Kier alpha value is -0.690. The van der Waals surface area contributed by atoms with E-state index in [1.807, 2.05) is 0 Å². The van der Waals surface area contributed by atoms with E-state index >= 15 is 0 Å². The van der Waals surface area contributed by atoms with Gasteiger partial charge in [-0.1, -0.05) is 46.0 Å². The molecular weight excluding hydrogens is 312 g/mol. The lowest BCUT2D eigenvalue weighted by molar-refractivity contribution is -0.142. The van der Waals surface area contributed by atoms with Crippen molar-refractivity contribution in [3.8, 4) is 0 Å². The SMILES string of the molecule is CCCCCCCC(CC)OCCOCCOCCOCC(=O)O. The smallest absolute Gasteiger partial charge is 0.329 e. The van der Waals surface area contributed by atoms with Crippen LogP contribution in [0.25, 0.3) is 0 Å². The highest BCUT2D eigenvalue weighted by molar-refractivity contribution is 5.67. The molecule has 0 amide bonds. The van der Waals surface area contributed by atoms with E-state index in [0.29, 0.717) is 39.1 Å². The Bertz CT molecular complexity index is 272. The van der Waals surface area contributed by atoms with Crippen molar-refractivity contribution in [2.75, 3.05) is 46.2 Å². The fourth-order valence-electron chi connectivity index (χ4n) is 2.25. The van der Waals surface area contributed by atoms with Crippen molar-refractivity contribution in [1.82, 2.24) is 0 Å². The lowest BCUT2D eigenvalue weighted by atomic mass is 10.1. The fourth-order valence-corrected chi connectivity index (χ4v) is 2.25. The van der Waals surface area contributed by atoms with E-state index in [1.54, 1.807) is 0 Å². The zero-order chi connectivity index (χ0) is 17.9. The zero-order valence-corrected chi connectivity index (χ0v) is 15.5. The summed E-state index contributed by atoms with van der Waals surface area (Å²) in [5.74, 6) is -0.968. The van der Waals surface area contributed by atoms with Gasteiger partial charge in [-0.15, -0.1) is 0 Å². The molecule has 1 N–H and O–H groups in total. The molecule has 0 saturated heterocycles. The van der Waals surface area contributed by atoms with Crippen LogP contribution in [0.5, 0.6) is 0 Å². The Kier molecular flexibility index (Phi) is 18.1. The van der Waals surface area contributed by atoms with Gasteiger partial charge in [-0.05, 0) is 12.8 Å². The molecule has 0 radical (unpaired) electrons. The summed E-state index contributed by atoms with van der Waals surface area (Å²) in [6.07, 6.45) is 9.03. The molecule has 0 aliphatic heterocycles. The molecule has 0 heterocycles. The zero-order valence-electron chi connectivity index (χ0n) is 15.5. The van der Waals surface area contributed by atoms with Crippen LogP contribution in [0, 0.1) is 0 Å². The van der Waals surface area contributed by atoms with Crippen molar-refractivity contribution in [3.05, 3.63) is 0 Å². The quantitative estimate of drug-likeness (QED) is 0.361. The van der Waals surface area contributed by atoms with E-state index in [1.165, 1.54) is 32.1 Å². The summed E-state index contributed by atoms with van der Waals surface area (Å²) >= 11 is 0. The van der Waals surface area contributed by atoms with Gasteiger partial charge in [-0.2, -0.15) is 0 Å². The standard InChI is InChI=1S/C18H36O6/c1-3-5-6-7-8-9-17(4-2)24-15-14-22-11-10-21-12-13-23-16-18(19)20/h17H,3-16H2,1-2H3,(H,19,20). The molecule has 0 fully saturated rings. The molecule has 0 aromatic carbocycles. The van der Waals surface area contributed by atoms with Crippen LogP contribution in [0.15, 0.2) is 0 Å². The molecule has 0 rings (SSSR count). The summed E-state index contributed by atoms with van der Waals surface area (Å²) in [4.78, 5) is 10.2. The third-order valence-electron chi connectivity index (χ3n) is 3.64. The van der Waals surface area contributed by atoms with Crippen molar-refractivity contribution in [2.45, 2.75) is 64.9 Å². The molecule has 0 bridgehead atoms. The first-order chi connectivity index (χ1) is 11.7. The number of hydrogen-bond acceptors (Lipinski definition) is 5. The van der Waals surface area contributed by atoms with Gasteiger partial charge in [0.05, 0.1) is 45.7 Å². The van der Waals surface area contributed by atoms with Gasteiger partial charge in [0.1, 0.15) is 6.61 Å². The molecule has 6 nitrogen and oxygen atoms in total. The molecule has 24 heavy (non-hydrogen) atoms. The second kappa shape index (κ2) is 18.6. The second-order valence-corrected chi connectivity index (χ2v) is 5.78. The summed E-state index contributed by atoms with van der Waals surface area (Å²) < 4.78 is 21.4. The number of carboxylic acids is 1. The number of ether oxygens (including phenoxy) is 4. The van der Waals surface area contributed by atoms with Gasteiger partial charge >= 0.3 is 5.97 Å². The monoisotopic (exact) mass is 348 g/mol. The van der Waals surface area contributed by atoms with Gasteiger partial charge in [-0.3, -0.25) is 0 Å². The Morgan fingerprint density at radius 2 is 1.42 bits per heavy atom. The number of hydrogen-bond donors (Lipinski definition) is 1. The van der Waals surface area contributed by atoms with Crippen LogP contribution in [-0.2, 0) is 23.7 Å².